The quantitative estimate of drug-likeness (QED) is 0.790. The van der Waals surface area contributed by atoms with E-state index in [2.05, 4.69) is 15.6 Å². The molecule has 130 valence electrons. The van der Waals surface area contributed by atoms with Gasteiger partial charge >= 0.3 is 6.03 Å². The molecule has 2 aromatic rings. The lowest BCUT2D eigenvalue weighted by Gasteiger charge is -2.16. The highest BCUT2D eigenvalue weighted by molar-refractivity contribution is 5.95. The minimum Gasteiger partial charge on any atom is -0.392 e. The Bertz CT molecular complexity index is 749. The molecule has 1 aliphatic rings. The summed E-state index contributed by atoms with van der Waals surface area (Å²) in [4.78, 5) is 30.0. The molecule has 1 aromatic heterocycles. The van der Waals surface area contributed by atoms with E-state index in [0.29, 0.717) is 24.3 Å². The Morgan fingerprint density at radius 3 is 2.60 bits per heavy atom. The molecule has 2 heterocycles. The Hall–Kier alpha value is -2.93. The van der Waals surface area contributed by atoms with E-state index < -0.39 is 6.10 Å². The van der Waals surface area contributed by atoms with Crippen LogP contribution in [0.3, 0.4) is 0 Å². The Labute approximate surface area is 145 Å². The number of hydrogen-bond donors (Lipinski definition) is 3. The zero-order chi connectivity index (χ0) is 17.8. The maximum Gasteiger partial charge on any atom is 0.322 e. The minimum atomic E-state index is -0.595. The largest absolute Gasteiger partial charge is 0.392 e. The van der Waals surface area contributed by atoms with E-state index in [9.17, 15) is 14.7 Å². The molecular weight excluding hydrogens is 320 g/mol. The van der Waals surface area contributed by atoms with Gasteiger partial charge < -0.3 is 20.6 Å². The van der Waals surface area contributed by atoms with Crippen LogP contribution in [0.25, 0.3) is 0 Å². The van der Waals surface area contributed by atoms with Crippen molar-refractivity contribution in [3.05, 3.63) is 59.4 Å². The summed E-state index contributed by atoms with van der Waals surface area (Å²) < 4.78 is 0. The second-order valence-electron chi connectivity index (χ2n) is 6.07. The van der Waals surface area contributed by atoms with E-state index in [4.69, 9.17) is 0 Å². The zero-order valence-corrected chi connectivity index (χ0v) is 13.9. The fourth-order valence-corrected chi connectivity index (χ4v) is 2.61. The van der Waals surface area contributed by atoms with Crippen molar-refractivity contribution in [1.82, 2.24) is 15.2 Å². The van der Waals surface area contributed by atoms with Crippen LogP contribution in [0.4, 0.5) is 10.5 Å². The minimum absolute atomic E-state index is 0.192. The SMILES string of the molecule is C[C@H](O)CNC(=O)c1ccc(NC(=O)N2Cc3ccncc3C2)cc1. The molecule has 0 aliphatic carbocycles. The fraction of sp³-hybridized carbons (Fsp3) is 0.278. The highest BCUT2D eigenvalue weighted by Crippen LogP contribution is 2.22. The van der Waals surface area contributed by atoms with Crippen LogP contribution in [0, 0.1) is 0 Å². The molecule has 1 atom stereocenters. The summed E-state index contributed by atoms with van der Waals surface area (Å²) in [5.41, 5.74) is 3.25. The normalized spacial score (nSPS) is 13.9. The number of pyridine rings is 1. The van der Waals surface area contributed by atoms with Crippen LogP contribution in [0.2, 0.25) is 0 Å². The number of nitrogens with one attached hydrogen (secondary N) is 2. The summed E-state index contributed by atoms with van der Waals surface area (Å²) in [6.45, 7) is 2.89. The average Bonchev–Trinajstić information content (AvgIpc) is 3.04. The maximum atomic E-state index is 12.4. The number of fused-ring (bicyclic) bond motifs is 1. The van der Waals surface area contributed by atoms with Crippen LogP contribution in [0.15, 0.2) is 42.7 Å². The van der Waals surface area contributed by atoms with Gasteiger partial charge in [-0.15, -0.1) is 0 Å². The van der Waals surface area contributed by atoms with E-state index in [0.717, 1.165) is 11.1 Å². The first kappa shape index (κ1) is 16.9. The Morgan fingerprint density at radius 2 is 1.92 bits per heavy atom. The first-order valence-electron chi connectivity index (χ1n) is 8.07. The molecule has 0 unspecified atom stereocenters. The van der Waals surface area contributed by atoms with Gasteiger partial charge in [0, 0.05) is 43.3 Å². The summed E-state index contributed by atoms with van der Waals surface area (Å²) in [6.07, 6.45) is 2.91. The monoisotopic (exact) mass is 340 g/mol. The molecule has 0 spiro atoms. The van der Waals surface area contributed by atoms with Gasteiger partial charge in [-0.25, -0.2) is 4.79 Å². The first-order chi connectivity index (χ1) is 12.0. The number of carbonyl (C=O) groups is 2. The van der Waals surface area contributed by atoms with Gasteiger partial charge in [0.15, 0.2) is 0 Å². The highest BCUT2D eigenvalue weighted by atomic mass is 16.3. The maximum absolute atomic E-state index is 12.4. The van der Waals surface area contributed by atoms with Crippen LogP contribution < -0.4 is 10.6 Å². The van der Waals surface area contributed by atoms with Gasteiger partial charge in [0.25, 0.3) is 5.91 Å². The lowest BCUT2D eigenvalue weighted by Crippen LogP contribution is -2.31. The van der Waals surface area contributed by atoms with Gasteiger partial charge in [0.05, 0.1) is 6.10 Å². The number of rotatable bonds is 4. The van der Waals surface area contributed by atoms with Crippen molar-refractivity contribution in [1.29, 1.82) is 0 Å². The van der Waals surface area contributed by atoms with Crippen molar-refractivity contribution in [2.75, 3.05) is 11.9 Å². The van der Waals surface area contributed by atoms with Crippen LogP contribution in [0.5, 0.6) is 0 Å². The molecule has 3 amide bonds. The van der Waals surface area contributed by atoms with Gasteiger partial charge in [-0.1, -0.05) is 0 Å². The molecule has 0 saturated carbocycles. The van der Waals surface area contributed by atoms with E-state index in [1.807, 2.05) is 6.07 Å². The predicted molar refractivity (Wildman–Crippen MR) is 93.0 cm³/mol. The first-order valence-corrected chi connectivity index (χ1v) is 8.07. The Morgan fingerprint density at radius 1 is 1.20 bits per heavy atom. The third-order valence-corrected chi connectivity index (χ3v) is 3.97. The molecule has 1 aliphatic heterocycles. The smallest absolute Gasteiger partial charge is 0.322 e. The number of benzene rings is 1. The number of hydrogen-bond acceptors (Lipinski definition) is 4. The molecule has 3 rings (SSSR count). The number of anilines is 1. The molecule has 1 aromatic carbocycles. The topological polar surface area (TPSA) is 94.6 Å². The van der Waals surface area contributed by atoms with Crippen molar-refractivity contribution >= 4 is 17.6 Å². The van der Waals surface area contributed by atoms with E-state index in [1.54, 1.807) is 48.5 Å². The lowest BCUT2D eigenvalue weighted by atomic mass is 10.2. The van der Waals surface area contributed by atoms with E-state index in [-0.39, 0.29) is 18.5 Å². The van der Waals surface area contributed by atoms with Crippen molar-refractivity contribution in [3.8, 4) is 0 Å². The molecular formula is C18H20N4O3. The molecule has 0 radical (unpaired) electrons. The number of nitrogens with zero attached hydrogens (tertiary/aromatic N) is 2. The average molecular weight is 340 g/mol. The number of aliphatic hydroxyl groups excluding tert-OH is 1. The Balaban J connectivity index is 1.57. The van der Waals surface area contributed by atoms with Crippen molar-refractivity contribution in [2.24, 2.45) is 0 Å². The lowest BCUT2D eigenvalue weighted by molar-refractivity contribution is 0.0924. The molecule has 7 nitrogen and oxygen atoms in total. The second-order valence-corrected chi connectivity index (χ2v) is 6.07. The molecule has 0 saturated heterocycles. The van der Waals surface area contributed by atoms with Gasteiger partial charge in [-0.05, 0) is 48.4 Å². The van der Waals surface area contributed by atoms with Crippen molar-refractivity contribution in [3.63, 3.8) is 0 Å². The van der Waals surface area contributed by atoms with E-state index in [1.165, 1.54) is 0 Å². The van der Waals surface area contributed by atoms with Gasteiger partial charge in [0.2, 0.25) is 0 Å². The summed E-state index contributed by atoms with van der Waals surface area (Å²) >= 11 is 0. The van der Waals surface area contributed by atoms with Crippen molar-refractivity contribution < 1.29 is 14.7 Å². The van der Waals surface area contributed by atoms with Crippen LogP contribution in [-0.2, 0) is 13.1 Å². The summed E-state index contributed by atoms with van der Waals surface area (Å²) in [5, 5.41) is 14.6. The molecule has 7 heteroatoms. The standard InChI is InChI=1S/C18H20N4O3/c1-12(23)8-20-17(24)13-2-4-16(5-3-13)21-18(25)22-10-14-6-7-19-9-15(14)11-22/h2-7,9,12,23H,8,10-11H2,1H3,(H,20,24)(H,21,25)/t12-/m0/s1. The van der Waals surface area contributed by atoms with Gasteiger partial charge in [0.1, 0.15) is 0 Å². The molecule has 0 bridgehead atoms. The van der Waals surface area contributed by atoms with Gasteiger partial charge in [-0.3, -0.25) is 9.78 Å². The summed E-state index contributed by atoms with van der Waals surface area (Å²) in [5.74, 6) is -0.263. The fourth-order valence-electron chi connectivity index (χ4n) is 2.61. The van der Waals surface area contributed by atoms with Crippen LogP contribution >= 0.6 is 0 Å². The number of carbonyl (C=O) groups excluding carboxylic acids is 2. The highest BCUT2D eigenvalue weighted by Gasteiger charge is 2.23. The molecule has 3 N–H and O–H groups in total. The van der Waals surface area contributed by atoms with Gasteiger partial charge in [-0.2, -0.15) is 0 Å². The molecule has 25 heavy (non-hydrogen) atoms. The second kappa shape index (κ2) is 7.31. The number of aliphatic hydroxyl groups is 1. The van der Waals surface area contributed by atoms with Crippen LogP contribution in [-0.4, -0.2) is 39.6 Å². The van der Waals surface area contributed by atoms with E-state index >= 15 is 0 Å². The summed E-state index contributed by atoms with van der Waals surface area (Å²) in [6, 6.07) is 8.36. The zero-order valence-electron chi connectivity index (χ0n) is 13.9. The third kappa shape index (κ3) is 4.13. The van der Waals surface area contributed by atoms with Crippen molar-refractivity contribution in [2.45, 2.75) is 26.1 Å². The third-order valence-electron chi connectivity index (χ3n) is 3.97. The predicted octanol–water partition coefficient (Wildman–Crippen LogP) is 1.74. The Kier molecular flexibility index (Phi) is 4.95. The molecule has 0 fully saturated rings. The number of aromatic nitrogens is 1. The summed E-state index contributed by atoms with van der Waals surface area (Å²) in [7, 11) is 0. The number of amides is 3. The van der Waals surface area contributed by atoms with Crippen LogP contribution in [0.1, 0.15) is 28.4 Å². The number of urea groups is 1.